The average molecular weight is 301 g/mol. The molecule has 0 unspecified atom stereocenters. The van der Waals surface area contributed by atoms with Gasteiger partial charge >= 0.3 is 12.1 Å². The van der Waals surface area contributed by atoms with Gasteiger partial charge in [0.2, 0.25) is 5.91 Å². The van der Waals surface area contributed by atoms with E-state index in [2.05, 4.69) is 20.1 Å². The summed E-state index contributed by atoms with van der Waals surface area (Å²) < 4.78 is 8.88. The van der Waals surface area contributed by atoms with Crippen LogP contribution in [0.4, 0.5) is 10.5 Å². The Morgan fingerprint density at radius 3 is 2.50 bits per heavy atom. The second kappa shape index (κ2) is 7.34. The van der Waals surface area contributed by atoms with Crippen molar-refractivity contribution in [3.8, 4) is 0 Å². The van der Waals surface area contributed by atoms with Gasteiger partial charge in [0.25, 0.3) is 0 Å². The van der Waals surface area contributed by atoms with Crippen molar-refractivity contribution < 1.29 is 23.9 Å². The van der Waals surface area contributed by atoms with Crippen LogP contribution in [-0.2, 0) is 14.3 Å². The summed E-state index contributed by atoms with van der Waals surface area (Å²) in [6.07, 6.45) is -0.727. The van der Waals surface area contributed by atoms with Crippen LogP contribution < -0.4 is 10.6 Å². The molecule has 0 atom stereocenters. The Morgan fingerprint density at radius 2 is 1.90 bits per heavy atom. The van der Waals surface area contributed by atoms with Crippen molar-refractivity contribution in [1.29, 1.82) is 0 Å². The minimum Gasteiger partial charge on any atom is -0.465 e. The van der Waals surface area contributed by atoms with Gasteiger partial charge < -0.3 is 20.1 Å². The lowest BCUT2D eigenvalue weighted by molar-refractivity contribution is -0.115. The van der Waals surface area contributed by atoms with E-state index in [1.165, 1.54) is 32.4 Å². The molecule has 7 nitrogen and oxygen atoms in total. The number of halogens is 1. The molecule has 0 saturated carbocycles. The van der Waals surface area contributed by atoms with Gasteiger partial charge in [0.05, 0.1) is 30.5 Å². The first kappa shape index (κ1) is 15.8. The number of esters is 1. The van der Waals surface area contributed by atoms with Gasteiger partial charge in [-0.25, -0.2) is 9.59 Å². The molecule has 108 valence electrons. The lowest BCUT2D eigenvalue weighted by atomic mass is 10.2. The molecule has 0 fully saturated rings. The zero-order chi connectivity index (χ0) is 15.1. The van der Waals surface area contributed by atoms with Gasteiger partial charge in [-0.05, 0) is 18.2 Å². The summed E-state index contributed by atoms with van der Waals surface area (Å²) in [5.41, 5.74) is 0.486. The molecule has 2 N–H and O–H groups in total. The number of nitrogens with one attached hydrogen (secondary N) is 2. The fourth-order valence-electron chi connectivity index (χ4n) is 1.28. The molecule has 8 heteroatoms. The van der Waals surface area contributed by atoms with Crippen LogP contribution in [0, 0.1) is 0 Å². The third-order valence-electron chi connectivity index (χ3n) is 2.24. The van der Waals surface area contributed by atoms with Crippen molar-refractivity contribution >= 4 is 35.3 Å². The van der Waals surface area contributed by atoms with Crippen molar-refractivity contribution in [3.05, 3.63) is 28.8 Å². The van der Waals surface area contributed by atoms with Crippen LogP contribution >= 0.6 is 11.6 Å². The number of carbonyl (C=O) groups is 3. The molecule has 1 rings (SSSR count). The lowest BCUT2D eigenvalue weighted by Gasteiger charge is -2.09. The molecule has 0 heterocycles. The van der Waals surface area contributed by atoms with Gasteiger partial charge in [-0.3, -0.25) is 4.79 Å². The molecule has 20 heavy (non-hydrogen) atoms. The Labute approximate surface area is 120 Å². The van der Waals surface area contributed by atoms with E-state index in [-0.39, 0.29) is 22.8 Å². The van der Waals surface area contributed by atoms with E-state index < -0.39 is 18.0 Å². The van der Waals surface area contributed by atoms with E-state index in [1.807, 2.05) is 0 Å². The summed E-state index contributed by atoms with van der Waals surface area (Å²) in [5, 5.41) is 4.93. The summed E-state index contributed by atoms with van der Waals surface area (Å²) in [6.45, 7) is -0.286. The van der Waals surface area contributed by atoms with Gasteiger partial charge in [-0.1, -0.05) is 11.6 Å². The fourth-order valence-corrected chi connectivity index (χ4v) is 1.45. The number of benzene rings is 1. The van der Waals surface area contributed by atoms with Crippen LogP contribution in [-0.4, -0.2) is 38.7 Å². The SMILES string of the molecule is COC(=O)NCC(=O)Nc1cc(C(=O)OC)ccc1Cl. The van der Waals surface area contributed by atoms with Crippen LogP contribution in [0.5, 0.6) is 0 Å². The van der Waals surface area contributed by atoms with Crippen LogP contribution in [0.15, 0.2) is 18.2 Å². The van der Waals surface area contributed by atoms with Crippen molar-refractivity contribution in [2.45, 2.75) is 0 Å². The highest BCUT2D eigenvalue weighted by atomic mass is 35.5. The van der Waals surface area contributed by atoms with Crippen LogP contribution in [0.25, 0.3) is 0 Å². The zero-order valence-electron chi connectivity index (χ0n) is 10.9. The van der Waals surface area contributed by atoms with Crippen molar-refractivity contribution in [3.63, 3.8) is 0 Å². The highest BCUT2D eigenvalue weighted by molar-refractivity contribution is 6.33. The quantitative estimate of drug-likeness (QED) is 0.820. The summed E-state index contributed by atoms with van der Waals surface area (Å²) >= 11 is 5.90. The largest absolute Gasteiger partial charge is 0.465 e. The molecule has 0 spiro atoms. The number of rotatable bonds is 4. The molecular weight excluding hydrogens is 288 g/mol. The van der Waals surface area contributed by atoms with E-state index in [4.69, 9.17) is 11.6 Å². The highest BCUT2D eigenvalue weighted by Gasteiger charge is 2.11. The maximum atomic E-state index is 11.6. The maximum Gasteiger partial charge on any atom is 0.407 e. The number of hydrogen-bond donors (Lipinski definition) is 2. The van der Waals surface area contributed by atoms with Crippen LogP contribution in [0.2, 0.25) is 5.02 Å². The van der Waals surface area contributed by atoms with Crippen LogP contribution in [0.1, 0.15) is 10.4 Å². The first-order valence-corrected chi connectivity index (χ1v) is 5.85. The van der Waals surface area contributed by atoms with Gasteiger partial charge in [-0.15, -0.1) is 0 Å². The van der Waals surface area contributed by atoms with E-state index in [1.54, 1.807) is 0 Å². The Balaban J connectivity index is 2.73. The van der Waals surface area contributed by atoms with Crippen molar-refractivity contribution in [2.24, 2.45) is 0 Å². The third-order valence-corrected chi connectivity index (χ3v) is 2.57. The molecule has 0 aliphatic heterocycles. The standard InChI is InChI=1S/C12H13ClN2O5/c1-19-11(17)7-3-4-8(13)9(5-7)15-10(16)6-14-12(18)20-2/h3-5H,6H2,1-2H3,(H,14,18)(H,15,16). The van der Waals surface area contributed by atoms with E-state index >= 15 is 0 Å². The summed E-state index contributed by atoms with van der Waals surface area (Å²) in [5.74, 6) is -1.07. The Kier molecular flexibility index (Phi) is 5.79. The predicted molar refractivity (Wildman–Crippen MR) is 71.8 cm³/mol. The summed E-state index contributed by atoms with van der Waals surface area (Å²) in [6, 6.07) is 4.30. The lowest BCUT2D eigenvalue weighted by Crippen LogP contribution is -2.32. The topological polar surface area (TPSA) is 93.7 Å². The average Bonchev–Trinajstić information content (AvgIpc) is 2.46. The first-order valence-electron chi connectivity index (χ1n) is 5.47. The molecule has 0 saturated heterocycles. The third kappa shape index (κ3) is 4.43. The Bertz CT molecular complexity index is 533. The molecular formula is C12H13ClN2O5. The molecule has 1 aromatic carbocycles. The maximum absolute atomic E-state index is 11.6. The number of amides is 2. The van der Waals surface area contributed by atoms with Gasteiger partial charge in [-0.2, -0.15) is 0 Å². The van der Waals surface area contributed by atoms with E-state index in [0.29, 0.717) is 0 Å². The fraction of sp³-hybridized carbons (Fsp3) is 0.250. The summed E-state index contributed by atoms with van der Waals surface area (Å²) in [7, 11) is 2.43. The number of ether oxygens (including phenoxy) is 2. The zero-order valence-corrected chi connectivity index (χ0v) is 11.6. The molecule has 0 radical (unpaired) electrons. The van der Waals surface area contributed by atoms with Crippen molar-refractivity contribution in [2.75, 3.05) is 26.1 Å². The molecule has 1 aromatic rings. The number of hydrogen-bond acceptors (Lipinski definition) is 5. The number of carbonyl (C=O) groups excluding carboxylic acids is 3. The second-order valence-electron chi connectivity index (χ2n) is 3.58. The Morgan fingerprint density at radius 1 is 1.20 bits per heavy atom. The monoisotopic (exact) mass is 300 g/mol. The predicted octanol–water partition coefficient (Wildman–Crippen LogP) is 1.42. The van der Waals surface area contributed by atoms with Gasteiger partial charge in [0, 0.05) is 0 Å². The molecule has 2 amide bonds. The molecule has 0 bridgehead atoms. The highest BCUT2D eigenvalue weighted by Crippen LogP contribution is 2.23. The molecule has 0 aromatic heterocycles. The van der Waals surface area contributed by atoms with E-state index in [0.717, 1.165) is 0 Å². The van der Waals surface area contributed by atoms with Crippen LogP contribution in [0.3, 0.4) is 0 Å². The molecule has 0 aliphatic rings. The smallest absolute Gasteiger partial charge is 0.407 e. The van der Waals surface area contributed by atoms with Gasteiger partial charge in [0.15, 0.2) is 0 Å². The minimum atomic E-state index is -0.727. The first-order chi connectivity index (χ1) is 9.47. The minimum absolute atomic E-state index is 0.242. The number of anilines is 1. The normalized spacial score (nSPS) is 9.55. The number of alkyl carbamates (subject to hydrolysis) is 1. The van der Waals surface area contributed by atoms with Crippen molar-refractivity contribution in [1.82, 2.24) is 5.32 Å². The summed E-state index contributed by atoms with van der Waals surface area (Å²) in [4.78, 5) is 33.8. The number of methoxy groups -OCH3 is 2. The Hall–Kier alpha value is -2.28. The van der Waals surface area contributed by atoms with E-state index in [9.17, 15) is 14.4 Å². The second-order valence-corrected chi connectivity index (χ2v) is 3.99. The molecule has 0 aliphatic carbocycles. The van der Waals surface area contributed by atoms with Gasteiger partial charge in [0.1, 0.15) is 6.54 Å².